The summed E-state index contributed by atoms with van der Waals surface area (Å²) in [4.78, 5) is 17.1. The van der Waals surface area contributed by atoms with Crippen molar-refractivity contribution >= 4 is 11.6 Å². The summed E-state index contributed by atoms with van der Waals surface area (Å²) in [5, 5.41) is 7.31. The molecule has 0 aliphatic heterocycles. The number of amides is 1. The van der Waals surface area contributed by atoms with Gasteiger partial charge in [-0.05, 0) is 78.4 Å². The smallest absolute Gasteiger partial charge is 0.336 e. The molecule has 0 fully saturated rings. The van der Waals surface area contributed by atoms with Crippen molar-refractivity contribution in [1.82, 2.24) is 14.8 Å². The Balaban J connectivity index is 1.38. The lowest BCUT2D eigenvalue weighted by molar-refractivity contribution is 0.102. The molecular formula is C29H22F2N4O3. The minimum absolute atomic E-state index is 0.0745. The van der Waals surface area contributed by atoms with E-state index in [1.54, 1.807) is 79.9 Å². The lowest BCUT2D eigenvalue weighted by Gasteiger charge is -2.09. The van der Waals surface area contributed by atoms with Gasteiger partial charge in [0.25, 0.3) is 5.91 Å². The molecule has 0 radical (unpaired) electrons. The van der Waals surface area contributed by atoms with Crippen LogP contribution in [-0.4, -0.2) is 27.8 Å². The van der Waals surface area contributed by atoms with Crippen molar-refractivity contribution in [3.05, 3.63) is 120 Å². The Labute approximate surface area is 217 Å². The summed E-state index contributed by atoms with van der Waals surface area (Å²) >= 11 is 0. The Morgan fingerprint density at radius 2 is 1.63 bits per heavy atom. The first kappa shape index (κ1) is 24.6. The van der Waals surface area contributed by atoms with E-state index < -0.39 is 5.82 Å². The number of halogens is 2. The van der Waals surface area contributed by atoms with Crippen LogP contribution < -0.4 is 14.8 Å². The second kappa shape index (κ2) is 10.9. The number of rotatable bonds is 8. The van der Waals surface area contributed by atoms with E-state index in [9.17, 15) is 13.6 Å². The molecule has 1 aromatic heterocycles. The Morgan fingerprint density at radius 1 is 0.895 bits per heavy atom. The van der Waals surface area contributed by atoms with Crippen molar-refractivity contribution in [2.75, 3.05) is 12.4 Å². The first-order chi connectivity index (χ1) is 18.5. The zero-order valence-electron chi connectivity index (χ0n) is 20.3. The fourth-order valence-corrected chi connectivity index (χ4v) is 3.71. The fourth-order valence-electron chi connectivity index (χ4n) is 3.71. The number of anilines is 1. The maximum Gasteiger partial charge on any atom is 0.336 e. The normalized spacial score (nSPS) is 10.7. The van der Waals surface area contributed by atoms with E-state index in [4.69, 9.17) is 9.47 Å². The lowest BCUT2D eigenvalue weighted by atomic mass is 10.2. The number of aromatic nitrogens is 3. The number of methoxy groups -OCH3 is 1. The number of carbonyl (C=O) groups is 1. The highest BCUT2D eigenvalue weighted by Crippen LogP contribution is 2.25. The number of nitrogens with zero attached hydrogens (tertiary/aromatic N) is 3. The number of hydrogen-bond acceptors (Lipinski definition) is 5. The highest BCUT2D eigenvalue weighted by molar-refractivity contribution is 6.04. The van der Waals surface area contributed by atoms with Crippen LogP contribution in [0, 0.1) is 11.6 Å². The van der Waals surface area contributed by atoms with Gasteiger partial charge in [-0.3, -0.25) is 4.79 Å². The summed E-state index contributed by atoms with van der Waals surface area (Å²) in [5.41, 5.74) is 2.94. The standard InChI is InChI=1S/C29H22F2N4O3/c1-37-26-15-7-20(8-16-26)28(36)32-24-11-13-25(14-12-24)35-27(21-3-2-4-23(31)17-21)33-29(34-35)38-18-19-5-9-22(30)10-6-19/h2-17H,18H2,1H3,(H,32,36). The zero-order valence-corrected chi connectivity index (χ0v) is 20.3. The molecule has 0 spiro atoms. The predicted octanol–water partition coefficient (Wildman–Crippen LogP) is 6.05. The van der Waals surface area contributed by atoms with E-state index in [2.05, 4.69) is 15.4 Å². The number of benzene rings is 4. The summed E-state index contributed by atoms with van der Waals surface area (Å²) in [6.07, 6.45) is 0. The van der Waals surface area contributed by atoms with E-state index in [1.807, 2.05) is 0 Å². The monoisotopic (exact) mass is 512 g/mol. The largest absolute Gasteiger partial charge is 0.497 e. The van der Waals surface area contributed by atoms with Crippen LogP contribution in [0.25, 0.3) is 17.1 Å². The molecule has 5 rings (SSSR count). The van der Waals surface area contributed by atoms with Crippen LogP contribution in [0.2, 0.25) is 0 Å². The molecular weight excluding hydrogens is 490 g/mol. The SMILES string of the molecule is COc1ccc(C(=O)Nc2ccc(-n3nc(OCc4ccc(F)cc4)nc3-c3cccc(F)c3)cc2)cc1. The van der Waals surface area contributed by atoms with Crippen molar-refractivity contribution in [1.29, 1.82) is 0 Å². The van der Waals surface area contributed by atoms with Crippen molar-refractivity contribution in [3.8, 4) is 28.8 Å². The van der Waals surface area contributed by atoms with Gasteiger partial charge in [0.1, 0.15) is 24.0 Å². The van der Waals surface area contributed by atoms with Gasteiger partial charge >= 0.3 is 6.01 Å². The van der Waals surface area contributed by atoms with Crippen LogP contribution in [0.1, 0.15) is 15.9 Å². The zero-order chi connectivity index (χ0) is 26.5. The van der Waals surface area contributed by atoms with E-state index in [-0.39, 0.29) is 24.3 Å². The third kappa shape index (κ3) is 5.67. The Hall–Kier alpha value is -5.05. The van der Waals surface area contributed by atoms with Crippen molar-refractivity contribution in [2.45, 2.75) is 6.61 Å². The minimum Gasteiger partial charge on any atom is -0.497 e. The first-order valence-electron chi connectivity index (χ1n) is 11.6. The van der Waals surface area contributed by atoms with Crippen LogP contribution in [0.5, 0.6) is 11.8 Å². The molecule has 1 heterocycles. The Kier molecular flexibility index (Phi) is 7.08. The summed E-state index contributed by atoms with van der Waals surface area (Å²) in [6.45, 7) is 0.128. The molecule has 0 aliphatic carbocycles. The maximum absolute atomic E-state index is 14.0. The summed E-state index contributed by atoms with van der Waals surface area (Å²) in [7, 11) is 1.56. The summed E-state index contributed by atoms with van der Waals surface area (Å²) in [6, 6.07) is 25.7. The van der Waals surface area contributed by atoms with Crippen LogP contribution in [-0.2, 0) is 6.61 Å². The van der Waals surface area contributed by atoms with Crippen LogP contribution in [0.4, 0.5) is 14.5 Å². The molecule has 38 heavy (non-hydrogen) atoms. The second-order valence-electron chi connectivity index (χ2n) is 8.28. The molecule has 5 aromatic rings. The molecule has 1 N–H and O–H groups in total. The Bertz CT molecular complexity index is 1550. The average molecular weight is 513 g/mol. The molecule has 0 saturated heterocycles. The highest BCUT2D eigenvalue weighted by Gasteiger charge is 2.16. The molecule has 1 amide bonds. The van der Waals surface area contributed by atoms with Crippen molar-refractivity contribution in [2.24, 2.45) is 0 Å². The maximum atomic E-state index is 14.0. The lowest BCUT2D eigenvalue weighted by Crippen LogP contribution is -2.11. The van der Waals surface area contributed by atoms with Gasteiger partial charge in [0, 0.05) is 16.8 Å². The molecule has 4 aromatic carbocycles. The predicted molar refractivity (Wildman–Crippen MR) is 138 cm³/mol. The minimum atomic E-state index is -0.414. The van der Waals surface area contributed by atoms with Crippen molar-refractivity contribution in [3.63, 3.8) is 0 Å². The van der Waals surface area contributed by atoms with E-state index in [1.165, 1.54) is 28.9 Å². The second-order valence-corrected chi connectivity index (χ2v) is 8.28. The average Bonchev–Trinajstić information content (AvgIpc) is 3.37. The first-order valence-corrected chi connectivity index (χ1v) is 11.6. The van der Waals surface area contributed by atoms with Gasteiger partial charge in [-0.1, -0.05) is 24.3 Å². The quantitative estimate of drug-likeness (QED) is 0.274. The fraction of sp³-hybridized carbons (Fsp3) is 0.0690. The Morgan fingerprint density at radius 3 is 2.32 bits per heavy atom. The van der Waals surface area contributed by atoms with Gasteiger partial charge in [0.15, 0.2) is 5.82 Å². The van der Waals surface area contributed by atoms with Gasteiger partial charge in [-0.2, -0.15) is 4.98 Å². The van der Waals surface area contributed by atoms with Crippen LogP contribution in [0.3, 0.4) is 0 Å². The molecule has 0 bridgehead atoms. The molecule has 0 atom stereocenters. The molecule has 9 heteroatoms. The van der Waals surface area contributed by atoms with Gasteiger partial charge in [-0.25, -0.2) is 13.5 Å². The molecule has 0 aliphatic rings. The molecule has 0 saturated carbocycles. The van der Waals surface area contributed by atoms with Gasteiger partial charge in [0.2, 0.25) is 0 Å². The molecule has 190 valence electrons. The third-order valence-electron chi connectivity index (χ3n) is 5.67. The van der Waals surface area contributed by atoms with Gasteiger partial charge < -0.3 is 14.8 Å². The highest BCUT2D eigenvalue weighted by atomic mass is 19.1. The molecule has 7 nitrogen and oxygen atoms in total. The van der Waals surface area contributed by atoms with Crippen molar-refractivity contribution < 1.29 is 23.0 Å². The third-order valence-corrected chi connectivity index (χ3v) is 5.67. The summed E-state index contributed by atoms with van der Waals surface area (Å²) in [5.74, 6) is 0.0103. The van der Waals surface area contributed by atoms with Crippen LogP contribution in [0.15, 0.2) is 97.1 Å². The van der Waals surface area contributed by atoms with Gasteiger partial charge in [0.05, 0.1) is 12.8 Å². The van der Waals surface area contributed by atoms with Gasteiger partial charge in [-0.15, -0.1) is 5.10 Å². The number of hydrogen-bond donors (Lipinski definition) is 1. The van der Waals surface area contributed by atoms with E-state index >= 15 is 0 Å². The number of nitrogens with one attached hydrogen (secondary N) is 1. The number of carbonyl (C=O) groups excluding carboxylic acids is 1. The molecule has 0 unspecified atom stereocenters. The summed E-state index contributed by atoms with van der Waals surface area (Å²) < 4.78 is 39.6. The van der Waals surface area contributed by atoms with E-state index in [0.29, 0.717) is 34.1 Å². The van der Waals surface area contributed by atoms with Crippen LogP contribution >= 0.6 is 0 Å². The van der Waals surface area contributed by atoms with E-state index in [0.717, 1.165) is 5.56 Å². The number of ether oxygens (including phenoxy) is 2. The topological polar surface area (TPSA) is 78.3 Å².